The molecule has 0 aliphatic rings. The van der Waals surface area contributed by atoms with E-state index in [1.165, 1.54) is 6.07 Å². The summed E-state index contributed by atoms with van der Waals surface area (Å²) in [5.41, 5.74) is 3.59. The van der Waals surface area contributed by atoms with Crippen LogP contribution in [0.15, 0.2) is 97.3 Å². The van der Waals surface area contributed by atoms with E-state index in [0.717, 1.165) is 27.5 Å². The van der Waals surface area contributed by atoms with Crippen LogP contribution in [0.3, 0.4) is 0 Å². The molecule has 2 heterocycles. The van der Waals surface area contributed by atoms with Crippen LogP contribution in [0.1, 0.15) is 5.56 Å². The second kappa shape index (κ2) is 6.60. The van der Waals surface area contributed by atoms with E-state index in [1.54, 1.807) is 18.2 Å². The predicted molar refractivity (Wildman–Crippen MR) is 114 cm³/mol. The van der Waals surface area contributed by atoms with E-state index in [-0.39, 0.29) is 0 Å². The van der Waals surface area contributed by atoms with Gasteiger partial charge < -0.3 is 8.83 Å². The van der Waals surface area contributed by atoms with Crippen LogP contribution in [-0.4, -0.2) is 0 Å². The highest BCUT2D eigenvalue weighted by molar-refractivity contribution is 6.01. The lowest BCUT2D eigenvalue weighted by Crippen LogP contribution is -2.05. The summed E-state index contributed by atoms with van der Waals surface area (Å²) in [4.78, 5) is 25.1. The SMILES string of the molecule is Cc1ccc2oc(=O)c(-c3cccc4c(-c5ccccc5)cc(=O)oc34)cc2c1. The summed E-state index contributed by atoms with van der Waals surface area (Å²) in [5, 5.41) is 1.58. The van der Waals surface area contributed by atoms with Crippen molar-refractivity contribution in [2.75, 3.05) is 0 Å². The Morgan fingerprint density at radius 1 is 0.690 bits per heavy atom. The molecule has 0 saturated heterocycles. The van der Waals surface area contributed by atoms with Gasteiger partial charge in [0.25, 0.3) is 0 Å². The summed E-state index contributed by atoms with van der Waals surface area (Å²) in [6, 6.07) is 24.0. The van der Waals surface area contributed by atoms with Crippen molar-refractivity contribution in [2.24, 2.45) is 0 Å². The van der Waals surface area contributed by atoms with E-state index in [1.807, 2.05) is 61.5 Å². The van der Waals surface area contributed by atoms with Crippen LogP contribution in [0.4, 0.5) is 0 Å². The Labute approximate surface area is 165 Å². The van der Waals surface area contributed by atoms with Crippen molar-refractivity contribution in [1.29, 1.82) is 0 Å². The predicted octanol–water partition coefficient (Wildman–Crippen LogP) is 5.54. The fourth-order valence-electron chi connectivity index (χ4n) is 3.68. The van der Waals surface area contributed by atoms with Crippen LogP contribution in [0, 0.1) is 6.92 Å². The first-order valence-electron chi connectivity index (χ1n) is 9.27. The summed E-state index contributed by atoms with van der Waals surface area (Å²) in [6.45, 7) is 1.98. The molecular formula is C25H16O4. The summed E-state index contributed by atoms with van der Waals surface area (Å²) in [7, 11) is 0. The standard InChI is InChI=1S/C25H16O4/c1-15-10-11-22-17(12-15)13-21(25(27)28-22)19-9-5-8-18-20(14-23(26)29-24(18)19)16-6-3-2-4-7-16/h2-14H,1H3. The highest BCUT2D eigenvalue weighted by Crippen LogP contribution is 2.33. The Kier molecular flexibility index (Phi) is 3.91. The van der Waals surface area contributed by atoms with Gasteiger partial charge >= 0.3 is 11.3 Å². The number of hydrogen-bond acceptors (Lipinski definition) is 4. The maximum Gasteiger partial charge on any atom is 0.344 e. The first-order valence-corrected chi connectivity index (χ1v) is 9.27. The maximum absolute atomic E-state index is 12.7. The minimum atomic E-state index is -0.471. The smallest absolute Gasteiger partial charge is 0.344 e. The number of benzene rings is 3. The molecular weight excluding hydrogens is 364 g/mol. The van der Waals surface area contributed by atoms with Crippen LogP contribution in [0.25, 0.3) is 44.2 Å². The average molecular weight is 380 g/mol. The van der Waals surface area contributed by atoms with Crippen molar-refractivity contribution in [3.05, 3.63) is 105 Å². The minimum absolute atomic E-state index is 0.363. The molecule has 5 rings (SSSR count). The Morgan fingerprint density at radius 2 is 1.52 bits per heavy atom. The molecule has 140 valence electrons. The zero-order chi connectivity index (χ0) is 20.0. The lowest BCUT2D eigenvalue weighted by molar-refractivity contribution is 0.556. The summed E-state index contributed by atoms with van der Waals surface area (Å²) in [5.74, 6) is 0. The van der Waals surface area contributed by atoms with Gasteiger partial charge in [0.2, 0.25) is 0 Å². The molecule has 0 saturated carbocycles. The van der Waals surface area contributed by atoms with Crippen molar-refractivity contribution < 1.29 is 8.83 Å². The Hall–Kier alpha value is -3.92. The lowest BCUT2D eigenvalue weighted by Gasteiger charge is -2.09. The monoisotopic (exact) mass is 380 g/mol. The number of aryl methyl sites for hydroxylation is 1. The molecule has 3 aromatic carbocycles. The molecule has 0 spiro atoms. The molecule has 0 unspecified atom stereocenters. The number of para-hydroxylation sites is 1. The molecule has 29 heavy (non-hydrogen) atoms. The third-order valence-corrected chi connectivity index (χ3v) is 5.03. The molecule has 0 amide bonds. The molecule has 0 aliphatic heterocycles. The van der Waals surface area contributed by atoms with Gasteiger partial charge in [-0.2, -0.15) is 0 Å². The molecule has 4 nitrogen and oxygen atoms in total. The normalized spacial score (nSPS) is 11.2. The van der Waals surface area contributed by atoms with E-state index in [2.05, 4.69) is 0 Å². The summed E-state index contributed by atoms with van der Waals surface area (Å²) >= 11 is 0. The molecule has 4 heteroatoms. The van der Waals surface area contributed by atoms with Gasteiger partial charge in [-0.25, -0.2) is 9.59 Å². The second-order valence-electron chi connectivity index (χ2n) is 7.02. The van der Waals surface area contributed by atoms with Gasteiger partial charge in [-0.15, -0.1) is 0 Å². The van der Waals surface area contributed by atoms with E-state index in [0.29, 0.717) is 22.3 Å². The quantitative estimate of drug-likeness (QED) is 0.377. The van der Waals surface area contributed by atoms with Crippen LogP contribution in [0.2, 0.25) is 0 Å². The van der Waals surface area contributed by atoms with Crippen LogP contribution >= 0.6 is 0 Å². The fourth-order valence-corrected chi connectivity index (χ4v) is 3.68. The van der Waals surface area contributed by atoms with Crippen molar-refractivity contribution in [3.63, 3.8) is 0 Å². The third kappa shape index (κ3) is 2.95. The van der Waals surface area contributed by atoms with E-state index in [9.17, 15) is 9.59 Å². The minimum Gasteiger partial charge on any atom is -0.422 e. The van der Waals surface area contributed by atoms with E-state index < -0.39 is 11.3 Å². The van der Waals surface area contributed by atoms with Crippen LogP contribution in [0.5, 0.6) is 0 Å². The topological polar surface area (TPSA) is 60.4 Å². The summed E-state index contributed by atoms with van der Waals surface area (Å²) in [6.07, 6.45) is 0. The molecule has 0 bridgehead atoms. The average Bonchev–Trinajstić information content (AvgIpc) is 2.73. The molecule has 0 fully saturated rings. The zero-order valence-corrected chi connectivity index (χ0v) is 15.6. The van der Waals surface area contributed by atoms with Gasteiger partial charge in [-0.1, -0.05) is 60.2 Å². The first kappa shape index (κ1) is 17.2. The maximum atomic E-state index is 12.7. The highest BCUT2D eigenvalue weighted by Gasteiger charge is 2.16. The first-order chi connectivity index (χ1) is 14.1. The van der Waals surface area contributed by atoms with Crippen LogP contribution in [-0.2, 0) is 0 Å². The van der Waals surface area contributed by atoms with Crippen molar-refractivity contribution in [1.82, 2.24) is 0 Å². The van der Waals surface area contributed by atoms with E-state index in [4.69, 9.17) is 8.83 Å². The fraction of sp³-hybridized carbons (Fsp3) is 0.0400. The Balaban J connectivity index is 1.84. The zero-order valence-electron chi connectivity index (χ0n) is 15.6. The molecule has 0 radical (unpaired) electrons. The third-order valence-electron chi connectivity index (χ3n) is 5.03. The second-order valence-corrected chi connectivity index (χ2v) is 7.02. The van der Waals surface area contributed by atoms with Gasteiger partial charge in [0.15, 0.2) is 0 Å². The van der Waals surface area contributed by atoms with E-state index >= 15 is 0 Å². The molecule has 0 N–H and O–H groups in total. The van der Waals surface area contributed by atoms with Crippen molar-refractivity contribution in [2.45, 2.75) is 6.92 Å². The lowest BCUT2D eigenvalue weighted by atomic mass is 9.97. The molecule has 5 aromatic rings. The van der Waals surface area contributed by atoms with Gasteiger partial charge in [-0.3, -0.25) is 0 Å². The molecule has 0 atom stereocenters. The van der Waals surface area contributed by atoms with Crippen molar-refractivity contribution >= 4 is 21.9 Å². The molecule has 2 aromatic heterocycles. The van der Waals surface area contributed by atoms with Gasteiger partial charge in [0.1, 0.15) is 11.2 Å². The number of rotatable bonds is 2. The van der Waals surface area contributed by atoms with Gasteiger partial charge in [0, 0.05) is 22.4 Å². The van der Waals surface area contributed by atoms with Crippen molar-refractivity contribution in [3.8, 4) is 22.3 Å². The number of hydrogen-bond donors (Lipinski definition) is 0. The van der Waals surface area contributed by atoms with Gasteiger partial charge in [0.05, 0.1) is 5.56 Å². The number of fused-ring (bicyclic) bond motifs is 2. The Bertz CT molecular complexity index is 1490. The largest absolute Gasteiger partial charge is 0.422 e. The summed E-state index contributed by atoms with van der Waals surface area (Å²) < 4.78 is 11.1. The van der Waals surface area contributed by atoms with Gasteiger partial charge in [-0.05, 0) is 36.2 Å². The van der Waals surface area contributed by atoms with Crippen LogP contribution < -0.4 is 11.3 Å². The Morgan fingerprint density at radius 3 is 2.34 bits per heavy atom. The molecule has 0 aliphatic carbocycles. The highest BCUT2D eigenvalue weighted by atomic mass is 16.4.